The summed E-state index contributed by atoms with van der Waals surface area (Å²) in [6.07, 6.45) is 0.490. The normalized spacial score (nSPS) is 17.1. The zero-order valence-corrected chi connectivity index (χ0v) is 16.3. The minimum Gasteiger partial charge on any atom is -0.495 e. The molecule has 0 aliphatic carbocycles. The van der Waals surface area contributed by atoms with Crippen molar-refractivity contribution in [3.63, 3.8) is 0 Å². The third-order valence-electron chi connectivity index (χ3n) is 5.18. The summed E-state index contributed by atoms with van der Waals surface area (Å²) in [5, 5.41) is 4.81. The number of para-hydroxylation sites is 1. The average Bonchev–Trinajstić information content (AvgIpc) is 3.24. The summed E-state index contributed by atoms with van der Waals surface area (Å²) < 4.78 is 11.5. The molecular formula is C22H24N2O4. The molecule has 0 radical (unpaired) electrons. The van der Waals surface area contributed by atoms with E-state index in [9.17, 15) is 9.59 Å². The standard InChI is InChI=1S/C22H24N2O4/c1-13(2)12-23-21(25)15-8-9-24(22(15)26)17-11-19-16(10-20(17)27-3)14-6-4-5-7-18(14)28-19/h4-7,10-11,13,15H,8-9,12H2,1-3H3,(H,23,25). The van der Waals surface area contributed by atoms with Gasteiger partial charge in [0.1, 0.15) is 22.8 Å². The lowest BCUT2D eigenvalue weighted by Gasteiger charge is -2.20. The number of hydrogen-bond acceptors (Lipinski definition) is 4. The summed E-state index contributed by atoms with van der Waals surface area (Å²) in [6, 6.07) is 11.5. The van der Waals surface area contributed by atoms with Crippen LogP contribution in [0.3, 0.4) is 0 Å². The van der Waals surface area contributed by atoms with E-state index in [0.717, 1.165) is 16.4 Å². The monoisotopic (exact) mass is 380 g/mol. The van der Waals surface area contributed by atoms with E-state index in [0.29, 0.717) is 42.4 Å². The van der Waals surface area contributed by atoms with Crippen molar-refractivity contribution in [2.75, 3.05) is 25.1 Å². The molecule has 4 rings (SSSR count). The number of benzene rings is 2. The minimum absolute atomic E-state index is 0.199. The van der Waals surface area contributed by atoms with E-state index in [1.807, 2.05) is 50.2 Å². The SMILES string of the molecule is COc1cc2c(cc1N1CCC(C(=O)NCC(C)C)C1=O)oc1ccccc12. The number of rotatable bonds is 5. The number of ether oxygens (including phenoxy) is 1. The molecule has 2 heterocycles. The highest BCUT2D eigenvalue weighted by atomic mass is 16.5. The Bertz CT molecular complexity index is 1050. The molecule has 3 aromatic rings. The molecule has 6 heteroatoms. The molecule has 0 spiro atoms. The lowest BCUT2D eigenvalue weighted by Crippen LogP contribution is -2.38. The number of carbonyl (C=O) groups excluding carboxylic acids is 2. The van der Waals surface area contributed by atoms with Crippen LogP contribution in [0.5, 0.6) is 5.75 Å². The molecule has 2 aromatic carbocycles. The van der Waals surface area contributed by atoms with Crippen LogP contribution in [-0.4, -0.2) is 32.0 Å². The maximum Gasteiger partial charge on any atom is 0.239 e. The van der Waals surface area contributed by atoms with Gasteiger partial charge in [-0.3, -0.25) is 9.59 Å². The van der Waals surface area contributed by atoms with E-state index in [-0.39, 0.29) is 11.8 Å². The average molecular weight is 380 g/mol. The first kappa shape index (κ1) is 18.3. The number of nitrogens with zero attached hydrogens (tertiary/aromatic N) is 1. The molecular weight excluding hydrogens is 356 g/mol. The van der Waals surface area contributed by atoms with Gasteiger partial charge >= 0.3 is 0 Å². The van der Waals surface area contributed by atoms with Crippen molar-refractivity contribution < 1.29 is 18.7 Å². The van der Waals surface area contributed by atoms with Gasteiger partial charge in [-0.15, -0.1) is 0 Å². The van der Waals surface area contributed by atoms with Crippen molar-refractivity contribution in [1.82, 2.24) is 5.32 Å². The number of fused-ring (bicyclic) bond motifs is 3. The van der Waals surface area contributed by atoms with Gasteiger partial charge in [0.25, 0.3) is 0 Å². The third kappa shape index (κ3) is 3.09. The lowest BCUT2D eigenvalue weighted by molar-refractivity contribution is -0.132. The van der Waals surface area contributed by atoms with E-state index < -0.39 is 5.92 Å². The summed E-state index contributed by atoms with van der Waals surface area (Å²) in [6.45, 7) is 5.09. The highest BCUT2D eigenvalue weighted by Crippen LogP contribution is 2.40. The van der Waals surface area contributed by atoms with Gasteiger partial charge < -0.3 is 19.4 Å². The summed E-state index contributed by atoms with van der Waals surface area (Å²) >= 11 is 0. The summed E-state index contributed by atoms with van der Waals surface area (Å²) in [5.74, 6) is -0.127. The predicted molar refractivity (Wildman–Crippen MR) is 109 cm³/mol. The van der Waals surface area contributed by atoms with Gasteiger partial charge in [0.05, 0.1) is 12.8 Å². The molecule has 28 heavy (non-hydrogen) atoms. The minimum atomic E-state index is -0.658. The molecule has 1 unspecified atom stereocenters. The van der Waals surface area contributed by atoms with Gasteiger partial charge in [-0.2, -0.15) is 0 Å². The molecule has 1 fully saturated rings. The van der Waals surface area contributed by atoms with Crippen LogP contribution < -0.4 is 15.0 Å². The molecule has 1 saturated heterocycles. The van der Waals surface area contributed by atoms with Crippen LogP contribution in [0.25, 0.3) is 21.9 Å². The van der Waals surface area contributed by atoms with Gasteiger partial charge in [-0.25, -0.2) is 0 Å². The summed E-state index contributed by atoms with van der Waals surface area (Å²) in [7, 11) is 1.58. The van der Waals surface area contributed by atoms with Crippen molar-refractivity contribution in [3.8, 4) is 5.75 Å². The van der Waals surface area contributed by atoms with E-state index in [1.54, 1.807) is 12.0 Å². The second-order valence-corrected chi connectivity index (χ2v) is 7.59. The maximum atomic E-state index is 12.9. The van der Waals surface area contributed by atoms with Gasteiger partial charge in [0.15, 0.2) is 0 Å². The van der Waals surface area contributed by atoms with Crippen molar-refractivity contribution in [2.45, 2.75) is 20.3 Å². The first-order valence-electron chi connectivity index (χ1n) is 9.58. The Labute approximate surface area is 163 Å². The molecule has 1 aliphatic rings. The molecule has 1 aliphatic heterocycles. The molecule has 1 atom stereocenters. The topological polar surface area (TPSA) is 71.8 Å². The van der Waals surface area contributed by atoms with Gasteiger partial charge in [-0.1, -0.05) is 32.0 Å². The molecule has 2 amide bonds. The molecule has 1 aromatic heterocycles. The predicted octanol–water partition coefficient (Wildman–Crippen LogP) is 3.72. The molecule has 0 saturated carbocycles. The Morgan fingerprint density at radius 3 is 2.79 bits per heavy atom. The number of hydrogen-bond donors (Lipinski definition) is 1. The third-order valence-corrected chi connectivity index (χ3v) is 5.18. The number of nitrogens with one attached hydrogen (secondary N) is 1. The van der Waals surface area contributed by atoms with Crippen molar-refractivity contribution in [1.29, 1.82) is 0 Å². The number of furan rings is 1. The first-order chi connectivity index (χ1) is 13.5. The van der Waals surface area contributed by atoms with E-state index in [4.69, 9.17) is 9.15 Å². The number of methoxy groups -OCH3 is 1. The zero-order valence-electron chi connectivity index (χ0n) is 16.3. The lowest BCUT2D eigenvalue weighted by atomic mass is 10.1. The Morgan fingerprint density at radius 1 is 1.25 bits per heavy atom. The van der Waals surface area contributed by atoms with E-state index in [1.165, 1.54) is 0 Å². The largest absolute Gasteiger partial charge is 0.495 e. The van der Waals surface area contributed by atoms with Gasteiger partial charge in [0.2, 0.25) is 11.8 Å². The number of anilines is 1. The molecule has 0 bridgehead atoms. The fourth-order valence-electron chi connectivity index (χ4n) is 3.71. The smallest absolute Gasteiger partial charge is 0.239 e. The highest BCUT2D eigenvalue weighted by molar-refractivity contribution is 6.12. The fourth-order valence-corrected chi connectivity index (χ4v) is 3.71. The van der Waals surface area contributed by atoms with Crippen LogP contribution in [-0.2, 0) is 9.59 Å². The number of amides is 2. The Hall–Kier alpha value is -3.02. The molecule has 146 valence electrons. The first-order valence-corrected chi connectivity index (χ1v) is 9.58. The van der Waals surface area contributed by atoms with Crippen LogP contribution in [0, 0.1) is 11.8 Å². The van der Waals surface area contributed by atoms with Crippen LogP contribution in [0.2, 0.25) is 0 Å². The Kier molecular flexibility index (Phi) is 4.71. The highest BCUT2D eigenvalue weighted by Gasteiger charge is 2.38. The quantitative estimate of drug-likeness (QED) is 0.685. The Balaban J connectivity index is 1.67. The van der Waals surface area contributed by atoms with E-state index in [2.05, 4.69) is 5.32 Å². The second kappa shape index (κ2) is 7.19. The Morgan fingerprint density at radius 2 is 2.04 bits per heavy atom. The van der Waals surface area contributed by atoms with Crippen LogP contribution in [0.4, 0.5) is 5.69 Å². The zero-order chi connectivity index (χ0) is 19.8. The maximum absolute atomic E-state index is 12.9. The molecule has 1 N–H and O–H groups in total. The van der Waals surface area contributed by atoms with Crippen LogP contribution in [0.15, 0.2) is 40.8 Å². The van der Waals surface area contributed by atoms with Crippen molar-refractivity contribution >= 4 is 39.4 Å². The second-order valence-electron chi connectivity index (χ2n) is 7.59. The van der Waals surface area contributed by atoms with Crippen LogP contribution in [0.1, 0.15) is 20.3 Å². The summed E-state index contributed by atoms with van der Waals surface area (Å²) in [4.78, 5) is 27.0. The van der Waals surface area contributed by atoms with E-state index >= 15 is 0 Å². The summed E-state index contributed by atoms with van der Waals surface area (Å²) in [5.41, 5.74) is 2.12. The van der Waals surface area contributed by atoms with Crippen molar-refractivity contribution in [2.24, 2.45) is 11.8 Å². The van der Waals surface area contributed by atoms with Gasteiger partial charge in [-0.05, 0) is 24.5 Å². The fraction of sp³-hybridized carbons (Fsp3) is 0.364. The van der Waals surface area contributed by atoms with Gasteiger partial charge in [0, 0.05) is 29.9 Å². The van der Waals surface area contributed by atoms with Crippen LogP contribution >= 0.6 is 0 Å². The molecule has 6 nitrogen and oxygen atoms in total. The number of carbonyl (C=O) groups is 2. The van der Waals surface area contributed by atoms with Crippen molar-refractivity contribution in [3.05, 3.63) is 36.4 Å².